The van der Waals surface area contributed by atoms with Crippen LogP contribution in [-0.4, -0.2) is 19.3 Å². The molecule has 0 spiro atoms. The van der Waals surface area contributed by atoms with Crippen molar-refractivity contribution in [2.75, 3.05) is 0 Å². The molecule has 7 rings (SSSR count). The normalized spacial score (nSPS) is 11.8. The largest absolute Gasteiger partial charge is 2.00 e. The fourth-order valence-electron chi connectivity index (χ4n) is 7.66. The third-order valence-electron chi connectivity index (χ3n) is 10.1. The van der Waals surface area contributed by atoms with Gasteiger partial charge in [0.05, 0.1) is 5.69 Å². The van der Waals surface area contributed by atoms with E-state index >= 15 is 0 Å². The van der Waals surface area contributed by atoms with Gasteiger partial charge in [-0.25, -0.2) is 4.98 Å². The summed E-state index contributed by atoms with van der Waals surface area (Å²) < 4.78 is 11.0. The molecular weight excluding hydrogens is 832 g/mol. The molecule has 274 valence electrons. The molecule has 0 aliphatic heterocycles. The van der Waals surface area contributed by atoms with E-state index in [1.807, 2.05) is 16.9 Å². The van der Waals surface area contributed by atoms with E-state index < -0.39 is 0 Å². The molecule has 0 amide bonds. The smallest absolute Gasteiger partial charge is 0.509 e. The predicted octanol–water partition coefficient (Wildman–Crippen LogP) is 12.0. The average Bonchev–Trinajstić information content (AvgIpc) is 3.59. The van der Waals surface area contributed by atoms with Crippen LogP contribution in [0.1, 0.15) is 87.7 Å². The minimum atomic E-state index is -0.130. The number of hydrogen-bond acceptors (Lipinski definition) is 3. The summed E-state index contributed by atoms with van der Waals surface area (Å²) in [6.45, 7) is 22.2. The summed E-state index contributed by atoms with van der Waals surface area (Å²) in [5.41, 5.74) is 13.9. The van der Waals surface area contributed by atoms with Gasteiger partial charge < -0.3 is 9.30 Å². The molecule has 0 bridgehead atoms. The van der Waals surface area contributed by atoms with Gasteiger partial charge in [0, 0.05) is 34.5 Å². The topological polar surface area (TPSA) is 44.9 Å². The molecule has 0 saturated heterocycles. The number of aromatic nitrogens is 4. The molecule has 6 heteroatoms. The number of para-hydroxylation sites is 1. The first kappa shape index (κ1) is 38.3. The van der Waals surface area contributed by atoms with Gasteiger partial charge in [-0.15, -0.1) is 41.3 Å². The molecule has 3 heterocycles. The Bertz CT molecular complexity index is 2420. The Morgan fingerprint density at radius 3 is 2.19 bits per heavy atom. The van der Waals surface area contributed by atoms with Crippen LogP contribution in [0, 0.1) is 38.8 Å². The van der Waals surface area contributed by atoms with E-state index in [0.717, 1.165) is 69.5 Å². The first-order chi connectivity index (χ1) is 24.9. The summed E-state index contributed by atoms with van der Waals surface area (Å²) in [7, 11) is 0. The minimum absolute atomic E-state index is 0. The molecule has 4 aromatic carbocycles. The number of aryl methyl sites for hydroxylation is 4. The number of nitrogens with zero attached hydrogens (tertiary/aromatic N) is 4. The second kappa shape index (κ2) is 15.1. The van der Waals surface area contributed by atoms with Crippen molar-refractivity contribution in [1.82, 2.24) is 19.3 Å². The zero-order valence-corrected chi connectivity index (χ0v) is 35.0. The SMILES string of the molecule is CCc1cc(C)cc(CC)c1-c1c(C)nn(-c2[c-]c(Oc3[c-]c4c(cc3)c3ccccc3n4-c3cc(CC(C)C)ccn3)cc(C(C)(C)C)c2)c1C.[Pt+2]. The van der Waals surface area contributed by atoms with Crippen molar-refractivity contribution in [3.05, 3.63) is 130 Å². The molecule has 7 aromatic rings. The second-order valence-electron chi connectivity index (χ2n) is 15.7. The minimum Gasteiger partial charge on any atom is -0.509 e. The van der Waals surface area contributed by atoms with Crippen LogP contribution in [0.25, 0.3) is 44.4 Å². The number of pyridine rings is 1. The van der Waals surface area contributed by atoms with Crippen molar-refractivity contribution in [2.24, 2.45) is 5.92 Å². The Morgan fingerprint density at radius 1 is 0.792 bits per heavy atom. The first-order valence-electron chi connectivity index (χ1n) is 18.7. The third-order valence-corrected chi connectivity index (χ3v) is 10.1. The molecule has 0 N–H and O–H groups in total. The zero-order chi connectivity index (χ0) is 36.9. The van der Waals surface area contributed by atoms with E-state index in [1.54, 1.807) is 0 Å². The van der Waals surface area contributed by atoms with Crippen LogP contribution in [0.4, 0.5) is 0 Å². The Balaban J connectivity index is 0.00000481. The monoisotopic (exact) mass is 881 g/mol. The molecule has 0 atom stereocenters. The fourth-order valence-corrected chi connectivity index (χ4v) is 7.66. The van der Waals surface area contributed by atoms with Crippen LogP contribution in [0.5, 0.6) is 11.5 Å². The molecule has 0 aliphatic carbocycles. The van der Waals surface area contributed by atoms with Crippen LogP contribution >= 0.6 is 0 Å². The van der Waals surface area contributed by atoms with Crippen LogP contribution in [-0.2, 0) is 45.7 Å². The summed E-state index contributed by atoms with van der Waals surface area (Å²) in [5.74, 6) is 2.69. The second-order valence-corrected chi connectivity index (χ2v) is 15.7. The Kier molecular flexibility index (Phi) is 10.9. The molecular formula is C47H50N4OPt. The molecule has 53 heavy (non-hydrogen) atoms. The number of fused-ring (bicyclic) bond motifs is 3. The maximum Gasteiger partial charge on any atom is 2.00 e. The number of benzene rings is 4. The molecule has 3 aromatic heterocycles. The van der Waals surface area contributed by atoms with E-state index in [9.17, 15) is 0 Å². The van der Waals surface area contributed by atoms with Gasteiger partial charge in [-0.1, -0.05) is 89.9 Å². The van der Waals surface area contributed by atoms with Gasteiger partial charge in [0.2, 0.25) is 0 Å². The van der Waals surface area contributed by atoms with Crippen molar-refractivity contribution in [3.8, 4) is 34.1 Å². The van der Waals surface area contributed by atoms with Gasteiger partial charge >= 0.3 is 21.1 Å². The summed E-state index contributed by atoms with van der Waals surface area (Å²) in [4.78, 5) is 4.84. The maximum atomic E-state index is 6.71. The van der Waals surface area contributed by atoms with Gasteiger partial charge in [0.15, 0.2) is 0 Å². The maximum absolute atomic E-state index is 6.71. The van der Waals surface area contributed by atoms with E-state index in [2.05, 4.69) is 153 Å². The molecule has 0 saturated carbocycles. The Hall–Kier alpha value is -4.47. The van der Waals surface area contributed by atoms with E-state index in [-0.39, 0.29) is 26.5 Å². The standard InChI is InChI=1S/C47H50N4O.Pt/c1-11-34-22-30(5)23-35(12-2)46(34)45-31(6)49-51(32(45)7)37-25-36(47(8,9)10)26-39(27-37)52-38-17-18-41-40-15-13-14-16-42(40)50(43(41)28-38)44-24-33(19-20-48-44)21-29(3)4;/h13-20,22-26,29H,11-12,21H2,1-10H3;/q-2;+2. The van der Waals surface area contributed by atoms with Crippen LogP contribution in [0.15, 0.2) is 79.0 Å². The molecule has 0 aliphatic rings. The van der Waals surface area contributed by atoms with Gasteiger partial charge in [-0.2, -0.15) is 11.2 Å². The van der Waals surface area contributed by atoms with Crippen molar-refractivity contribution in [1.29, 1.82) is 0 Å². The Morgan fingerprint density at radius 2 is 1.51 bits per heavy atom. The van der Waals surface area contributed by atoms with Crippen LogP contribution in [0.2, 0.25) is 0 Å². The average molecular weight is 882 g/mol. The predicted molar refractivity (Wildman–Crippen MR) is 216 cm³/mol. The van der Waals surface area contributed by atoms with Crippen LogP contribution < -0.4 is 4.74 Å². The van der Waals surface area contributed by atoms with Crippen molar-refractivity contribution < 1.29 is 25.8 Å². The summed E-state index contributed by atoms with van der Waals surface area (Å²) in [6, 6.07) is 33.2. The molecule has 0 fully saturated rings. The van der Waals surface area contributed by atoms with Crippen molar-refractivity contribution in [2.45, 2.75) is 93.9 Å². The number of rotatable bonds is 9. The van der Waals surface area contributed by atoms with Gasteiger partial charge in [-0.3, -0.25) is 4.68 Å². The number of ether oxygens (including phenoxy) is 1. The zero-order valence-electron chi connectivity index (χ0n) is 32.7. The van der Waals surface area contributed by atoms with Crippen molar-refractivity contribution >= 4 is 21.8 Å². The van der Waals surface area contributed by atoms with E-state index in [1.165, 1.54) is 33.4 Å². The quantitative estimate of drug-likeness (QED) is 0.136. The van der Waals surface area contributed by atoms with Gasteiger partial charge in [0.25, 0.3) is 0 Å². The number of hydrogen-bond donors (Lipinski definition) is 0. The molecule has 0 unspecified atom stereocenters. The fraction of sp³-hybridized carbons (Fsp3) is 0.319. The summed E-state index contributed by atoms with van der Waals surface area (Å²) >= 11 is 0. The third kappa shape index (κ3) is 7.38. The molecule has 5 nitrogen and oxygen atoms in total. The van der Waals surface area contributed by atoms with E-state index in [0.29, 0.717) is 17.4 Å². The van der Waals surface area contributed by atoms with Crippen LogP contribution in [0.3, 0.4) is 0 Å². The summed E-state index contributed by atoms with van der Waals surface area (Å²) in [6.07, 6.45) is 4.85. The van der Waals surface area contributed by atoms with Gasteiger partial charge in [-0.05, 0) is 103 Å². The Labute approximate surface area is 329 Å². The van der Waals surface area contributed by atoms with Crippen molar-refractivity contribution in [3.63, 3.8) is 0 Å². The summed E-state index contributed by atoms with van der Waals surface area (Å²) in [5, 5.41) is 7.41. The van der Waals surface area contributed by atoms with Gasteiger partial charge in [0.1, 0.15) is 5.82 Å². The van der Waals surface area contributed by atoms with E-state index in [4.69, 9.17) is 14.8 Å². The first-order valence-corrected chi connectivity index (χ1v) is 18.7. The molecule has 0 radical (unpaired) electrons.